The van der Waals surface area contributed by atoms with Crippen molar-refractivity contribution in [3.05, 3.63) is 91.9 Å². The lowest BCUT2D eigenvalue weighted by Crippen LogP contribution is -2.38. The van der Waals surface area contributed by atoms with Crippen molar-refractivity contribution in [2.24, 2.45) is 5.73 Å². The molecule has 4 rings (SSSR count). The molecule has 2 N–H and O–H groups in total. The Morgan fingerprint density at radius 3 is 2.33 bits per heavy atom. The minimum atomic E-state index is -0.599. The monoisotopic (exact) mass is 634 g/mol. The SMILES string of the molecule is N#CC1=C(N)n2c(s/c(=C\c3cccc(I)c3)c2=O)=C(C#N)C1c1cccc(I)c1. The number of thiazole rings is 1. The second-order valence-corrected chi connectivity index (χ2v) is 10.1. The molecule has 0 spiro atoms. The van der Waals surface area contributed by atoms with Crippen LogP contribution in [-0.4, -0.2) is 4.57 Å². The Kier molecular flexibility index (Phi) is 5.82. The number of aromatic nitrogens is 1. The maximum atomic E-state index is 13.1. The third-order valence-electron chi connectivity index (χ3n) is 4.72. The fraction of sp³-hybridized carbons (Fsp3) is 0.0455. The van der Waals surface area contributed by atoms with Crippen molar-refractivity contribution < 1.29 is 0 Å². The summed E-state index contributed by atoms with van der Waals surface area (Å²) in [5.74, 6) is -0.516. The summed E-state index contributed by atoms with van der Waals surface area (Å²) in [5.41, 5.74) is 8.22. The first-order valence-corrected chi connectivity index (χ1v) is 11.7. The van der Waals surface area contributed by atoms with Gasteiger partial charge < -0.3 is 5.73 Å². The first kappa shape index (κ1) is 20.8. The van der Waals surface area contributed by atoms with Gasteiger partial charge in [-0.15, -0.1) is 11.3 Å². The molecule has 5 nitrogen and oxygen atoms in total. The van der Waals surface area contributed by atoms with Crippen LogP contribution in [0, 0.1) is 29.8 Å². The number of nitrogens with zero attached hydrogens (tertiary/aromatic N) is 3. The average Bonchev–Trinajstić information content (AvgIpc) is 3.04. The summed E-state index contributed by atoms with van der Waals surface area (Å²) in [6.45, 7) is 0. The van der Waals surface area contributed by atoms with E-state index in [-0.39, 0.29) is 17.0 Å². The molecule has 1 aliphatic rings. The molecule has 1 aliphatic heterocycles. The van der Waals surface area contributed by atoms with E-state index < -0.39 is 5.92 Å². The highest BCUT2D eigenvalue weighted by molar-refractivity contribution is 14.1. The third-order valence-corrected chi connectivity index (χ3v) is 7.17. The highest BCUT2D eigenvalue weighted by atomic mass is 127. The van der Waals surface area contributed by atoms with Gasteiger partial charge in [-0.1, -0.05) is 24.3 Å². The fourth-order valence-corrected chi connectivity index (χ4v) is 5.68. The summed E-state index contributed by atoms with van der Waals surface area (Å²) in [6, 6.07) is 19.7. The topological polar surface area (TPSA) is 95.6 Å². The van der Waals surface area contributed by atoms with Gasteiger partial charge in [0.2, 0.25) is 0 Å². The van der Waals surface area contributed by atoms with E-state index in [1.165, 1.54) is 15.9 Å². The van der Waals surface area contributed by atoms with Crippen LogP contribution in [0.15, 0.2) is 58.9 Å². The lowest BCUT2D eigenvalue weighted by atomic mass is 9.84. The van der Waals surface area contributed by atoms with Crippen LogP contribution in [0.5, 0.6) is 0 Å². The molecule has 0 aliphatic carbocycles. The number of rotatable bonds is 2. The minimum Gasteiger partial charge on any atom is -0.384 e. The van der Waals surface area contributed by atoms with E-state index in [0.29, 0.717) is 14.8 Å². The number of halogens is 2. The highest BCUT2D eigenvalue weighted by Crippen LogP contribution is 2.35. The first-order valence-electron chi connectivity index (χ1n) is 8.73. The van der Waals surface area contributed by atoms with Gasteiger partial charge in [-0.3, -0.25) is 9.36 Å². The highest BCUT2D eigenvalue weighted by Gasteiger charge is 2.32. The summed E-state index contributed by atoms with van der Waals surface area (Å²) in [5, 5.41) is 19.8. The predicted molar refractivity (Wildman–Crippen MR) is 134 cm³/mol. The van der Waals surface area contributed by atoms with Crippen LogP contribution in [-0.2, 0) is 0 Å². The quantitative estimate of drug-likeness (QED) is 0.439. The number of hydrogen-bond donors (Lipinski definition) is 1. The van der Waals surface area contributed by atoms with Crippen molar-refractivity contribution in [2.45, 2.75) is 5.92 Å². The second-order valence-electron chi connectivity index (χ2n) is 6.54. The lowest BCUT2D eigenvalue weighted by Gasteiger charge is -2.22. The lowest BCUT2D eigenvalue weighted by molar-refractivity contribution is 0.906. The van der Waals surface area contributed by atoms with E-state index in [9.17, 15) is 15.3 Å². The number of benzene rings is 2. The number of fused-ring (bicyclic) bond motifs is 1. The van der Waals surface area contributed by atoms with Crippen LogP contribution in [0.1, 0.15) is 17.0 Å². The Balaban J connectivity index is 2.07. The van der Waals surface area contributed by atoms with Crippen LogP contribution < -0.4 is 20.5 Å². The molecular formula is C22H12I2N4OS. The molecule has 0 saturated carbocycles. The summed E-state index contributed by atoms with van der Waals surface area (Å²) >= 11 is 5.62. The zero-order valence-electron chi connectivity index (χ0n) is 15.3. The van der Waals surface area contributed by atoms with E-state index in [1.807, 2.05) is 48.5 Å². The maximum Gasteiger partial charge on any atom is 0.274 e. The number of nitrogens with two attached hydrogens (primary N) is 1. The number of allylic oxidation sites excluding steroid dienone is 1. The zero-order chi connectivity index (χ0) is 21.4. The Bertz CT molecular complexity index is 1480. The predicted octanol–water partition coefficient (Wildman–Crippen LogP) is 3.07. The van der Waals surface area contributed by atoms with Crippen LogP contribution in [0.2, 0.25) is 0 Å². The van der Waals surface area contributed by atoms with Gasteiger partial charge in [-0.2, -0.15) is 10.5 Å². The summed E-state index contributed by atoms with van der Waals surface area (Å²) in [7, 11) is 0. The zero-order valence-corrected chi connectivity index (χ0v) is 20.4. The Hall–Kier alpha value is -2.41. The van der Waals surface area contributed by atoms with Gasteiger partial charge >= 0.3 is 0 Å². The van der Waals surface area contributed by atoms with Gasteiger partial charge in [0, 0.05) is 7.14 Å². The molecule has 0 radical (unpaired) electrons. The molecule has 0 amide bonds. The smallest absolute Gasteiger partial charge is 0.274 e. The average molecular weight is 634 g/mol. The number of hydrogen-bond acceptors (Lipinski definition) is 5. The second kappa shape index (κ2) is 8.38. The van der Waals surface area contributed by atoms with E-state index in [0.717, 1.165) is 18.3 Å². The molecule has 1 unspecified atom stereocenters. The van der Waals surface area contributed by atoms with Crippen molar-refractivity contribution in [3.63, 3.8) is 0 Å². The standard InChI is InChI=1S/C22H12I2N4OS/c23-14-5-1-3-12(7-14)8-18-21(29)28-20(27)16(10-25)19(17(11-26)22(28)30-18)13-4-2-6-15(24)9-13/h1-9,19H,27H2/b18-8-. The van der Waals surface area contributed by atoms with Crippen molar-refractivity contribution in [1.29, 1.82) is 10.5 Å². The molecule has 2 aromatic carbocycles. The van der Waals surface area contributed by atoms with Gasteiger partial charge in [0.05, 0.1) is 33.7 Å². The van der Waals surface area contributed by atoms with Crippen molar-refractivity contribution in [3.8, 4) is 12.1 Å². The number of nitriles is 2. The summed E-state index contributed by atoms with van der Waals surface area (Å²) in [4.78, 5) is 13.1. The van der Waals surface area contributed by atoms with Gasteiger partial charge in [-0.05, 0) is 86.7 Å². The summed E-state index contributed by atoms with van der Waals surface area (Å²) in [6.07, 6.45) is 1.79. The Morgan fingerprint density at radius 2 is 1.70 bits per heavy atom. The summed E-state index contributed by atoms with van der Waals surface area (Å²) < 4.78 is 4.27. The molecule has 0 saturated heterocycles. The van der Waals surface area contributed by atoms with Crippen LogP contribution in [0.4, 0.5) is 0 Å². The van der Waals surface area contributed by atoms with Gasteiger partial charge in [0.25, 0.3) is 5.56 Å². The molecule has 1 aromatic heterocycles. The first-order chi connectivity index (χ1) is 14.4. The maximum absolute atomic E-state index is 13.1. The van der Waals surface area contributed by atoms with Gasteiger partial charge in [0.15, 0.2) is 0 Å². The molecule has 1 atom stereocenters. The van der Waals surface area contributed by atoms with Gasteiger partial charge in [0.1, 0.15) is 10.5 Å². The van der Waals surface area contributed by atoms with Gasteiger partial charge in [-0.25, -0.2) is 0 Å². The Morgan fingerprint density at radius 1 is 1.03 bits per heavy atom. The normalized spacial score (nSPS) is 16.2. The van der Waals surface area contributed by atoms with Crippen LogP contribution in [0.3, 0.4) is 0 Å². The van der Waals surface area contributed by atoms with Crippen molar-refractivity contribution in [2.75, 3.05) is 0 Å². The van der Waals surface area contributed by atoms with Crippen LogP contribution in [0.25, 0.3) is 17.5 Å². The fourth-order valence-electron chi connectivity index (χ4n) is 3.42. The van der Waals surface area contributed by atoms with E-state index in [4.69, 9.17) is 5.73 Å². The van der Waals surface area contributed by atoms with E-state index in [2.05, 4.69) is 57.3 Å². The molecule has 3 aromatic rings. The molecule has 0 fully saturated rings. The van der Waals surface area contributed by atoms with Crippen molar-refractivity contribution >= 4 is 74.0 Å². The van der Waals surface area contributed by atoms with E-state index >= 15 is 0 Å². The molecule has 146 valence electrons. The minimum absolute atomic E-state index is 0.0823. The molecule has 0 bridgehead atoms. The van der Waals surface area contributed by atoms with E-state index in [1.54, 1.807) is 6.08 Å². The molecule has 2 heterocycles. The molecular weight excluding hydrogens is 622 g/mol. The largest absolute Gasteiger partial charge is 0.384 e. The Labute approximate surface area is 203 Å². The molecule has 30 heavy (non-hydrogen) atoms. The van der Waals surface area contributed by atoms with Crippen LogP contribution >= 0.6 is 56.5 Å². The van der Waals surface area contributed by atoms with Crippen molar-refractivity contribution in [1.82, 2.24) is 4.57 Å². The third kappa shape index (κ3) is 3.60. The molecule has 8 heteroatoms.